The summed E-state index contributed by atoms with van der Waals surface area (Å²) in [4.78, 5) is 8.42. The standard InChI is InChI=1S/C21H22N2S/c1-2-7-17(8-3-1)15-18-9-6-13-23(16-18)20-11-14-24-21(20)19-10-4-5-12-22-19/h1-5,7-8,10-12,14,18H,6,9,13,15-16H2. The first-order valence-corrected chi connectivity index (χ1v) is 9.56. The molecule has 2 nitrogen and oxygen atoms in total. The molecule has 4 rings (SSSR count). The third kappa shape index (κ3) is 3.36. The molecule has 0 radical (unpaired) electrons. The van der Waals surface area contributed by atoms with Gasteiger partial charge in [-0.15, -0.1) is 11.3 Å². The number of anilines is 1. The Morgan fingerprint density at radius 1 is 1.04 bits per heavy atom. The predicted octanol–water partition coefficient (Wildman–Crippen LogP) is 5.27. The van der Waals surface area contributed by atoms with Gasteiger partial charge in [-0.25, -0.2) is 0 Å². The molecule has 3 heterocycles. The second-order valence-electron chi connectivity index (χ2n) is 6.49. The Morgan fingerprint density at radius 2 is 1.92 bits per heavy atom. The molecule has 2 aromatic heterocycles. The molecule has 24 heavy (non-hydrogen) atoms. The first kappa shape index (κ1) is 15.4. The van der Waals surface area contributed by atoms with Crippen LogP contribution in [-0.2, 0) is 6.42 Å². The van der Waals surface area contributed by atoms with E-state index in [0.29, 0.717) is 0 Å². The molecular formula is C21H22N2S. The number of benzene rings is 1. The summed E-state index contributed by atoms with van der Waals surface area (Å²) >= 11 is 1.80. The monoisotopic (exact) mass is 334 g/mol. The van der Waals surface area contributed by atoms with Crippen molar-refractivity contribution >= 4 is 17.0 Å². The van der Waals surface area contributed by atoms with Gasteiger partial charge in [0, 0.05) is 19.3 Å². The lowest BCUT2D eigenvalue weighted by molar-refractivity contribution is 0.413. The molecule has 0 N–H and O–H groups in total. The van der Waals surface area contributed by atoms with E-state index in [1.807, 2.05) is 12.3 Å². The first-order chi connectivity index (χ1) is 11.9. The Labute approximate surface area is 147 Å². The van der Waals surface area contributed by atoms with Crippen molar-refractivity contribution in [3.8, 4) is 10.6 Å². The predicted molar refractivity (Wildman–Crippen MR) is 103 cm³/mol. The Bertz CT molecular complexity index is 767. The number of thiophene rings is 1. The summed E-state index contributed by atoms with van der Waals surface area (Å²) in [6.07, 6.45) is 5.66. The minimum absolute atomic E-state index is 0.734. The number of piperidine rings is 1. The van der Waals surface area contributed by atoms with Crippen molar-refractivity contribution in [2.24, 2.45) is 5.92 Å². The fourth-order valence-electron chi connectivity index (χ4n) is 3.64. The van der Waals surface area contributed by atoms with E-state index in [1.54, 1.807) is 11.3 Å². The Hall–Kier alpha value is -2.13. The molecule has 1 aromatic carbocycles. The zero-order valence-corrected chi connectivity index (χ0v) is 14.6. The normalized spacial score (nSPS) is 17.8. The second kappa shape index (κ2) is 7.18. The van der Waals surface area contributed by atoms with E-state index in [4.69, 9.17) is 0 Å². The van der Waals surface area contributed by atoms with E-state index < -0.39 is 0 Å². The highest BCUT2D eigenvalue weighted by molar-refractivity contribution is 7.14. The van der Waals surface area contributed by atoms with E-state index in [0.717, 1.165) is 24.7 Å². The maximum absolute atomic E-state index is 4.55. The quantitative estimate of drug-likeness (QED) is 0.646. The third-order valence-electron chi connectivity index (χ3n) is 4.77. The zero-order valence-electron chi connectivity index (χ0n) is 13.8. The van der Waals surface area contributed by atoms with Crippen LogP contribution in [-0.4, -0.2) is 18.1 Å². The average molecular weight is 334 g/mol. The summed E-state index contributed by atoms with van der Waals surface area (Å²) in [5.74, 6) is 0.734. The van der Waals surface area contributed by atoms with E-state index in [2.05, 4.69) is 63.8 Å². The molecule has 0 bridgehead atoms. The van der Waals surface area contributed by atoms with Crippen LogP contribution >= 0.6 is 11.3 Å². The molecule has 1 aliphatic rings. The highest BCUT2D eigenvalue weighted by atomic mass is 32.1. The van der Waals surface area contributed by atoms with Crippen molar-refractivity contribution < 1.29 is 0 Å². The van der Waals surface area contributed by atoms with Crippen LogP contribution in [0, 0.1) is 5.92 Å². The van der Waals surface area contributed by atoms with Gasteiger partial charge in [0.05, 0.1) is 16.3 Å². The SMILES string of the molecule is c1ccc(CC2CCCN(c3ccsc3-c3ccccn3)C2)cc1. The number of hydrogen-bond donors (Lipinski definition) is 0. The van der Waals surface area contributed by atoms with Gasteiger partial charge in [0.2, 0.25) is 0 Å². The van der Waals surface area contributed by atoms with E-state index in [1.165, 1.54) is 35.4 Å². The van der Waals surface area contributed by atoms with Gasteiger partial charge in [0.15, 0.2) is 0 Å². The molecule has 122 valence electrons. The molecule has 1 fully saturated rings. The van der Waals surface area contributed by atoms with E-state index in [-0.39, 0.29) is 0 Å². The summed E-state index contributed by atoms with van der Waals surface area (Å²) in [5.41, 5.74) is 3.91. The molecule has 1 atom stereocenters. The maximum atomic E-state index is 4.55. The number of pyridine rings is 1. The molecular weight excluding hydrogens is 312 g/mol. The smallest absolute Gasteiger partial charge is 0.0822 e. The minimum atomic E-state index is 0.734. The fraction of sp³-hybridized carbons (Fsp3) is 0.286. The summed E-state index contributed by atoms with van der Waals surface area (Å²) in [5, 5.41) is 2.19. The van der Waals surface area contributed by atoms with Gasteiger partial charge >= 0.3 is 0 Å². The van der Waals surface area contributed by atoms with Crippen molar-refractivity contribution in [2.45, 2.75) is 19.3 Å². The van der Waals surface area contributed by atoms with Gasteiger partial charge in [-0.3, -0.25) is 4.98 Å². The van der Waals surface area contributed by atoms with Crippen molar-refractivity contribution in [1.82, 2.24) is 4.98 Å². The highest BCUT2D eigenvalue weighted by Gasteiger charge is 2.23. The van der Waals surface area contributed by atoms with Gasteiger partial charge in [-0.05, 0) is 54.3 Å². The molecule has 1 unspecified atom stereocenters. The Balaban J connectivity index is 1.52. The van der Waals surface area contributed by atoms with Crippen LogP contribution in [0.4, 0.5) is 5.69 Å². The molecule has 0 aliphatic carbocycles. The van der Waals surface area contributed by atoms with Crippen LogP contribution in [0.2, 0.25) is 0 Å². The van der Waals surface area contributed by atoms with Crippen molar-refractivity contribution in [3.63, 3.8) is 0 Å². The van der Waals surface area contributed by atoms with Crippen LogP contribution in [0.1, 0.15) is 18.4 Å². The second-order valence-corrected chi connectivity index (χ2v) is 7.41. The van der Waals surface area contributed by atoms with Crippen LogP contribution in [0.3, 0.4) is 0 Å². The molecule has 3 aromatic rings. The lowest BCUT2D eigenvalue weighted by Gasteiger charge is -2.34. The van der Waals surface area contributed by atoms with Gasteiger partial charge in [0.1, 0.15) is 0 Å². The molecule has 1 aliphatic heterocycles. The average Bonchev–Trinajstić information content (AvgIpc) is 3.13. The molecule has 0 spiro atoms. The fourth-order valence-corrected chi connectivity index (χ4v) is 4.53. The van der Waals surface area contributed by atoms with Crippen molar-refractivity contribution in [3.05, 3.63) is 71.7 Å². The zero-order chi connectivity index (χ0) is 16.2. The first-order valence-electron chi connectivity index (χ1n) is 8.68. The topological polar surface area (TPSA) is 16.1 Å². The summed E-state index contributed by atoms with van der Waals surface area (Å²) in [7, 11) is 0. The summed E-state index contributed by atoms with van der Waals surface area (Å²) < 4.78 is 0. The van der Waals surface area contributed by atoms with Gasteiger partial charge in [0.25, 0.3) is 0 Å². The van der Waals surface area contributed by atoms with Gasteiger partial charge in [-0.2, -0.15) is 0 Å². The summed E-state index contributed by atoms with van der Waals surface area (Å²) in [6.45, 7) is 2.30. The molecule has 0 amide bonds. The van der Waals surface area contributed by atoms with Crippen LogP contribution in [0.15, 0.2) is 66.2 Å². The largest absolute Gasteiger partial charge is 0.370 e. The third-order valence-corrected chi connectivity index (χ3v) is 5.69. The van der Waals surface area contributed by atoms with Crippen LogP contribution < -0.4 is 4.90 Å². The minimum Gasteiger partial charge on any atom is -0.370 e. The summed E-state index contributed by atoms with van der Waals surface area (Å²) in [6, 6.07) is 19.3. The van der Waals surface area contributed by atoms with Crippen LogP contribution in [0.25, 0.3) is 10.6 Å². The number of hydrogen-bond acceptors (Lipinski definition) is 3. The number of nitrogens with zero attached hydrogens (tertiary/aromatic N) is 2. The maximum Gasteiger partial charge on any atom is 0.0822 e. The Kier molecular flexibility index (Phi) is 4.61. The molecule has 1 saturated heterocycles. The van der Waals surface area contributed by atoms with Crippen molar-refractivity contribution in [1.29, 1.82) is 0 Å². The number of rotatable bonds is 4. The van der Waals surface area contributed by atoms with E-state index in [9.17, 15) is 0 Å². The highest BCUT2D eigenvalue weighted by Crippen LogP contribution is 2.37. The number of aromatic nitrogens is 1. The molecule has 3 heteroatoms. The van der Waals surface area contributed by atoms with Gasteiger partial charge < -0.3 is 4.90 Å². The van der Waals surface area contributed by atoms with Gasteiger partial charge in [-0.1, -0.05) is 36.4 Å². The van der Waals surface area contributed by atoms with E-state index >= 15 is 0 Å². The lowest BCUT2D eigenvalue weighted by atomic mass is 9.91. The lowest BCUT2D eigenvalue weighted by Crippen LogP contribution is -2.36. The Morgan fingerprint density at radius 3 is 2.75 bits per heavy atom. The molecule has 0 saturated carbocycles. The van der Waals surface area contributed by atoms with Crippen molar-refractivity contribution in [2.75, 3.05) is 18.0 Å². The van der Waals surface area contributed by atoms with Crippen LogP contribution in [0.5, 0.6) is 0 Å².